The summed E-state index contributed by atoms with van der Waals surface area (Å²) in [6.45, 7) is 4.33. The van der Waals surface area contributed by atoms with E-state index in [-0.39, 0.29) is 49.1 Å². The molecule has 10 nitrogen and oxygen atoms in total. The first kappa shape index (κ1) is 31.0. The fourth-order valence-corrected chi connectivity index (χ4v) is 6.32. The molecule has 1 atom stereocenters. The van der Waals surface area contributed by atoms with Gasteiger partial charge in [-0.05, 0) is 102 Å². The molecule has 0 bridgehead atoms. The molecule has 2 aliphatic rings. The molecule has 0 spiro atoms. The number of nitrogens with one attached hydrogen (secondary N) is 1. The molecule has 1 N–H and O–H groups in total. The molecule has 0 radical (unpaired) electrons. The number of rotatable bonds is 8. The highest BCUT2D eigenvalue weighted by atomic mass is 79.9. The molecule has 12 heteroatoms. The zero-order chi connectivity index (χ0) is 32.8. The number of hydrogen-bond acceptors (Lipinski definition) is 5. The molecule has 3 heterocycles. The van der Waals surface area contributed by atoms with Crippen molar-refractivity contribution in [1.82, 2.24) is 29.1 Å². The third-order valence-corrected chi connectivity index (χ3v) is 9.73. The van der Waals surface area contributed by atoms with Crippen LogP contribution in [-0.4, -0.2) is 47.8 Å². The highest BCUT2D eigenvalue weighted by Crippen LogP contribution is 2.30. The summed E-state index contributed by atoms with van der Waals surface area (Å²) < 4.78 is 11.4. The van der Waals surface area contributed by atoms with Crippen molar-refractivity contribution in [1.29, 1.82) is 0 Å². The molecule has 1 aliphatic heterocycles. The molecule has 1 unspecified atom stereocenters. The minimum absolute atomic E-state index is 0.0602. The zero-order valence-corrected chi connectivity index (χ0v) is 28.2. The van der Waals surface area contributed by atoms with Crippen LogP contribution in [0.1, 0.15) is 57.4 Å². The van der Waals surface area contributed by atoms with Gasteiger partial charge in [-0.3, -0.25) is 18.7 Å². The second-order valence-corrected chi connectivity index (χ2v) is 13.3. The number of amides is 2. The summed E-state index contributed by atoms with van der Waals surface area (Å²) in [5, 5.41) is 7.91. The van der Waals surface area contributed by atoms with E-state index in [9.17, 15) is 14.4 Å². The van der Waals surface area contributed by atoms with Gasteiger partial charge in [-0.1, -0.05) is 29.8 Å². The highest BCUT2D eigenvalue weighted by Gasteiger charge is 2.35. The molecule has 240 valence electrons. The van der Waals surface area contributed by atoms with Gasteiger partial charge in [0, 0.05) is 35.4 Å². The van der Waals surface area contributed by atoms with Crippen molar-refractivity contribution < 1.29 is 14.3 Å². The summed E-state index contributed by atoms with van der Waals surface area (Å²) in [7, 11) is 0. The lowest BCUT2D eigenvalue weighted by Gasteiger charge is -2.34. The lowest BCUT2D eigenvalue weighted by Crippen LogP contribution is -2.47. The predicted octanol–water partition coefficient (Wildman–Crippen LogP) is 6.06. The van der Waals surface area contributed by atoms with Gasteiger partial charge in [0.25, 0.3) is 11.8 Å². The van der Waals surface area contributed by atoms with Gasteiger partial charge in [-0.2, -0.15) is 5.10 Å². The van der Waals surface area contributed by atoms with Crippen LogP contribution in [0.25, 0.3) is 11.4 Å². The minimum atomic E-state index is -0.436. The third-order valence-electron chi connectivity index (χ3n) is 8.50. The summed E-state index contributed by atoms with van der Waals surface area (Å²) in [6.07, 6.45) is 5.98. The zero-order valence-electron chi connectivity index (χ0n) is 25.8. The van der Waals surface area contributed by atoms with Gasteiger partial charge in [-0.15, -0.1) is 0 Å². The Morgan fingerprint density at radius 3 is 2.55 bits per heavy atom. The molecule has 5 aromatic rings. The molecule has 0 saturated heterocycles. The number of carbonyl (C=O) groups is 2. The van der Waals surface area contributed by atoms with E-state index in [4.69, 9.17) is 16.3 Å². The van der Waals surface area contributed by atoms with E-state index >= 15 is 0 Å². The number of fused-ring (bicyclic) bond motifs is 1. The second kappa shape index (κ2) is 12.5. The Labute approximate surface area is 284 Å². The van der Waals surface area contributed by atoms with E-state index in [2.05, 4.69) is 26.3 Å². The first-order valence-electron chi connectivity index (χ1n) is 15.4. The van der Waals surface area contributed by atoms with Crippen molar-refractivity contribution in [3.8, 4) is 17.1 Å². The van der Waals surface area contributed by atoms with Crippen LogP contribution in [0.4, 0.5) is 0 Å². The van der Waals surface area contributed by atoms with Crippen molar-refractivity contribution in [2.45, 2.75) is 58.5 Å². The summed E-state index contributed by atoms with van der Waals surface area (Å²) in [6, 6.07) is 19.6. The largest absolute Gasteiger partial charge is 0.490 e. The summed E-state index contributed by atoms with van der Waals surface area (Å²) in [5.74, 6) is 0.0345. The van der Waals surface area contributed by atoms with E-state index in [0.29, 0.717) is 32.2 Å². The maximum atomic E-state index is 14.2. The smallest absolute Gasteiger partial charge is 0.333 e. The van der Waals surface area contributed by atoms with E-state index in [0.717, 1.165) is 29.7 Å². The van der Waals surface area contributed by atoms with Gasteiger partial charge in [0.05, 0.1) is 40.9 Å². The molecule has 1 saturated carbocycles. The third kappa shape index (κ3) is 6.13. The monoisotopic (exact) mass is 714 g/mol. The van der Waals surface area contributed by atoms with Crippen LogP contribution < -0.4 is 15.7 Å². The molecular formula is C35H32BrClN6O4. The first-order chi connectivity index (χ1) is 22.7. The molecule has 7 rings (SSSR count). The van der Waals surface area contributed by atoms with Crippen molar-refractivity contribution in [3.05, 3.63) is 127 Å². The fraction of sp³-hybridized carbons (Fsp3) is 0.257. The van der Waals surface area contributed by atoms with Gasteiger partial charge in [0.2, 0.25) is 0 Å². The predicted molar refractivity (Wildman–Crippen MR) is 182 cm³/mol. The maximum Gasteiger partial charge on any atom is 0.333 e. The number of aryl methyl sites for hydroxylation is 1. The SMILES string of the molecule is Cc1cnn(-c2ccccc2CNC(=O)c2c3n(c(=O)n2-c2ccc(OC4CC4)cc2)CC(C)N(C(=O)c2ccc(Br)c(Cl)c2)C3)c1. The molecule has 47 heavy (non-hydrogen) atoms. The van der Waals surface area contributed by atoms with Crippen LogP contribution in [0.5, 0.6) is 5.75 Å². The number of halogens is 2. The topological polar surface area (TPSA) is 103 Å². The van der Waals surface area contributed by atoms with E-state index in [1.54, 1.807) is 50.7 Å². The number of benzene rings is 3. The van der Waals surface area contributed by atoms with Crippen molar-refractivity contribution in [2.24, 2.45) is 0 Å². The van der Waals surface area contributed by atoms with Crippen LogP contribution >= 0.6 is 27.5 Å². The quantitative estimate of drug-likeness (QED) is 0.210. The van der Waals surface area contributed by atoms with Crippen molar-refractivity contribution in [3.63, 3.8) is 0 Å². The first-order valence-corrected chi connectivity index (χ1v) is 16.6. The average molecular weight is 716 g/mol. The molecule has 3 aromatic carbocycles. The molecule has 2 aromatic heterocycles. The van der Waals surface area contributed by atoms with E-state index in [1.165, 1.54) is 4.57 Å². The number of ether oxygens (including phenoxy) is 1. The second-order valence-electron chi connectivity index (χ2n) is 12.0. The Morgan fingerprint density at radius 2 is 1.85 bits per heavy atom. The van der Waals surface area contributed by atoms with Crippen LogP contribution in [0.3, 0.4) is 0 Å². The van der Waals surface area contributed by atoms with Gasteiger partial charge in [-0.25, -0.2) is 9.48 Å². The lowest BCUT2D eigenvalue weighted by atomic mass is 10.1. The summed E-state index contributed by atoms with van der Waals surface area (Å²) >= 11 is 9.70. The van der Waals surface area contributed by atoms with Gasteiger partial charge in [0.15, 0.2) is 0 Å². The van der Waals surface area contributed by atoms with Crippen LogP contribution in [0, 0.1) is 6.92 Å². The molecular weight excluding hydrogens is 684 g/mol. The standard InChI is InChI=1S/C35H32BrClN6O4/c1-21-16-39-42(18-21)30-6-4-3-5-24(30)17-38-33(44)32-31-20-40(34(45)23-7-14-28(36)29(37)15-23)22(2)19-41(31)35(46)43(32)25-8-10-26(11-9-25)47-27-12-13-27/h3-11,14-16,18,22,27H,12-13,17,19-20H2,1-2H3,(H,38,44). The van der Waals surface area contributed by atoms with Crippen molar-refractivity contribution >= 4 is 39.3 Å². The normalized spacial score (nSPS) is 15.7. The van der Waals surface area contributed by atoms with Gasteiger partial charge < -0.3 is 15.0 Å². The maximum absolute atomic E-state index is 14.2. The number of carbonyl (C=O) groups excluding carboxylic acids is 2. The van der Waals surface area contributed by atoms with Crippen LogP contribution in [0.2, 0.25) is 5.02 Å². The Kier molecular flexibility index (Phi) is 8.27. The van der Waals surface area contributed by atoms with Gasteiger partial charge >= 0.3 is 5.69 Å². The average Bonchev–Trinajstić information content (AvgIpc) is 3.71. The van der Waals surface area contributed by atoms with E-state index in [1.807, 2.05) is 56.4 Å². The molecule has 1 aliphatic carbocycles. The number of para-hydroxylation sites is 1. The Hall–Kier alpha value is -4.61. The fourth-order valence-electron chi connectivity index (χ4n) is 5.90. The lowest BCUT2D eigenvalue weighted by molar-refractivity contribution is 0.0610. The van der Waals surface area contributed by atoms with Crippen LogP contribution in [-0.2, 0) is 19.6 Å². The van der Waals surface area contributed by atoms with Gasteiger partial charge in [0.1, 0.15) is 11.4 Å². The minimum Gasteiger partial charge on any atom is -0.490 e. The molecule has 2 amide bonds. The number of imidazole rings is 1. The van der Waals surface area contributed by atoms with Crippen LogP contribution in [0.15, 0.2) is 88.4 Å². The Balaban J connectivity index is 1.26. The number of nitrogens with zero attached hydrogens (tertiary/aromatic N) is 5. The molecule has 1 fully saturated rings. The number of hydrogen-bond donors (Lipinski definition) is 1. The van der Waals surface area contributed by atoms with Crippen molar-refractivity contribution in [2.75, 3.05) is 0 Å². The summed E-state index contributed by atoms with van der Waals surface area (Å²) in [5.41, 5.74) is 3.94. The van der Waals surface area contributed by atoms with E-state index < -0.39 is 5.91 Å². The summed E-state index contributed by atoms with van der Waals surface area (Å²) in [4.78, 5) is 43.8. The Bertz CT molecular complexity index is 2060. The highest BCUT2D eigenvalue weighted by molar-refractivity contribution is 9.10. The number of aromatic nitrogens is 4. The Morgan fingerprint density at radius 1 is 1.09 bits per heavy atom.